The zero-order chi connectivity index (χ0) is 12.3. The molecule has 1 heterocycles. The van der Waals surface area contributed by atoms with Crippen molar-refractivity contribution >= 4 is 12.4 Å². The first-order chi connectivity index (χ1) is 8.15. The maximum Gasteiger partial charge on any atom is 0.122 e. The topological polar surface area (TPSA) is 38.5 Å². The summed E-state index contributed by atoms with van der Waals surface area (Å²) in [4.78, 5) is 2.37. The molecule has 0 radical (unpaired) electrons. The van der Waals surface area contributed by atoms with Crippen molar-refractivity contribution in [2.75, 3.05) is 26.2 Å². The Morgan fingerprint density at radius 3 is 2.83 bits per heavy atom. The molecule has 0 aromatic heterocycles. The number of rotatable bonds is 4. The van der Waals surface area contributed by atoms with E-state index in [1.54, 1.807) is 0 Å². The molecule has 0 unspecified atom stereocenters. The molecule has 102 valence electrons. The first-order valence-electron chi connectivity index (χ1n) is 6.33. The molecule has 1 aliphatic rings. The highest BCUT2D eigenvalue weighted by Crippen LogP contribution is 2.19. The summed E-state index contributed by atoms with van der Waals surface area (Å²) in [7, 11) is 0. The summed E-state index contributed by atoms with van der Waals surface area (Å²) in [5.74, 6) is 1.01. The summed E-state index contributed by atoms with van der Waals surface area (Å²) in [6.07, 6.45) is 1.11. The number of nitrogens with zero attached hydrogens (tertiary/aromatic N) is 1. The highest BCUT2D eigenvalue weighted by Gasteiger charge is 2.18. The zero-order valence-electron chi connectivity index (χ0n) is 11.2. The van der Waals surface area contributed by atoms with Crippen molar-refractivity contribution in [1.29, 1.82) is 0 Å². The van der Waals surface area contributed by atoms with Crippen LogP contribution in [0.3, 0.4) is 0 Å². The first-order valence-corrected chi connectivity index (χ1v) is 6.33. The summed E-state index contributed by atoms with van der Waals surface area (Å²) in [5, 5.41) is 0. The lowest BCUT2D eigenvalue weighted by atomic mass is 10.1. The molecule has 0 spiro atoms. The molecule has 0 bridgehead atoms. The van der Waals surface area contributed by atoms with E-state index in [1.807, 2.05) is 0 Å². The van der Waals surface area contributed by atoms with Gasteiger partial charge in [0.25, 0.3) is 0 Å². The van der Waals surface area contributed by atoms with Crippen LogP contribution in [-0.2, 0) is 0 Å². The Hall–Kier alpha value is -0.770. The predicted molar refractivity (Wildman–Crippen MR) is 77.7 cm³/mol. The van der Waals surface area contributed by atoms with Gasteiger partial charge in [0.15, 0.2) is 0 Å². The van der Waals surface area contributed by atoms with Gasteiger partial charge in [0.05, 0.1) is 0 Å². The second kappa shape index (κ2) is 6.98. The van der Waals surface area contributed by atoms with Crippen molar-refractivity contribution in [3.63, 3.8) is 0 Å². The molecule has 0 saturated carbocycles. The Labute approximate surface area is 116 Å². The highest BCUT2D eigenvalue weighted by atomic mass is 35.5. The Morgan fingerprint density at radius 1 is 1.39 bits per heavy atom. The molecule has 2 rings (SSSR count). The van der Waals surface area contributed by atoms with Gasteiger partial charge in [0.2, 0.25) is 0 Å². The minimum absolute atomic E-state index is 0. The van der Waals surface area contributed by atoms with Crippen LogP contribution in [0.2, 0.25) is 0 Å². The number of benzene rings is 1. The minimum Gasteiger partial charge on any atom is -0.492 e. The van der Waals surface area contributed by atoms with Crippen LogP contribution in [0.15, 0.2) is 18.2 Å². The monoisotopic (exact) mass is 270 g/mol. The third-order valence-electron chi connectivity index (χ3n) is 3.32. The lowest BCUT2D eigenvalue weighted by molar-refractivity contribution is 0.235. The maximum atomic E-state index is 5.87. The van der Waals surface area contributed by atoms with Crippen LogP contribution in [0.1, 0.15) is 17.5 Å². The fourth-order valence-corrected chi connectivity index (χ4v) is 2.21. The average Bonchev–Trinajstić information content (AvgIpc) is 2.69. The predicted octanol–water partition coefficient (Wildman–Crippen LogP) is 2.14. The number of hydrogen-bond acceptors (Lipinski definition) is 3. The number of likely N-dealkylation sites (tertiary alicyclic amines) is 1. The van der Waals surface area contributed by atoms with Gasteiger partial charge in [0.1, 0.15) is 12.4 Å². The van der Waals surface area contributed by atoms with Crippen molar-refractivity contribution < 1.29 is 4.74 Å². The summed E-state index contributed by atoms with van der Waals surface area (Å²) < 4.78 is 5.83. The van der Waals surface area contributed by atoms with Crippen LogP contribution in [0.25, 0.3) is 0 Å². The van der Waals surface area contributed by atoms with Gasteiger partial charge in [-0.2, -0.15) is 0 Å². The Bertz CT molecular complexity index is 384. The fraction of sp³-hybridized carbons (Fsp3) is 0.571. The van der Waals surface area contributed by atoms with Crippen molar-refractivity contribution in [3.05, 3.63) is 29.3 Å². The third-order valence-corrected chi connectivity index (χ3v) is 3.32. The van der Waals surface area contributed by atoms with E-state index in [1.165, 1.54) is 11.1 Å². The molecule has 3 nitrogen and oxygen atoms in total. The van der Waals surface area contributed by atoms with Gasteiger partial charge in [-0.05, 0) is 44.0 Å². The SMILES string of the molecule is Cc1ccc(C)c(OCCN2CC[C@H](N)C2)c1.Cl. The molecular formula is C14H23ClN2O. The van der Waals surface area contributed by atoms with E-state index in [0.717, 1.165) is 38.4 Å². The second-order valence-corrected chi connectivity index (χ2v) is 4.97. The Balaban J connectivity index is 0.00000162. The highest BCUT2D eigenvalue weighted by molar-refractivity contribution is 5.85. The molecule has 1 aliphatic heterocycles. The fourth-order valence-electron chi connectivity index (χ4n) is 2.21. The van der Waals surface area contributed by atoms with E-state index in [2.05, 4.69) is 36.9 Å². The van der Waals surface area contributed by atoms with E-state index in [-0.39, 0.29) is 12.4 Å². The van der Waals surface area contributed by atoms with E-state index in [9.17, 15) is 0 Å². The van der Waals surface area contributed by atoms with Crippen LogP contribution in [0, 0.1) is 13.8 Å². The number of nitrogens with two attached hydrogens (primary N) is 1. The molecule has 18 heavy (non-hydrogen) atoms. The Kier molecular flexibility index (Phi) is 5.93. The molecule has 1 fully saturated rings. The first kappa shape index (κ1) is 15.3. The summed E-state index contributed by atoms with van der Waals surface area (Å²) >= 11 is 0. The van der Waals surface area contributed by atoms with E-state index >= 15 is 0 Å². The van der Waals surface area contributed by atoms with Crippen molar-refractivity contribution in [3.8, 4) is 5.75 Å². The summed E-state index contributed by atoms with van der Waals surface area (Å²) in [6.45, 7) is 8.01. The van der Waals surface area contributed by atoms with Crippen molar-refractivity contribution in [2.45, 2.75) is 26.3 Å². The van der Waals surface area contributed by atoms with Gasteiger partial charge in [-0.15, -0.1) is 12.4 Å². The molecule has 0 aliphatic carbocycles. The normalized spacial score (nSPS) is 19.6. The van der Waals surface area contributed by atoms with Crippen LogP contribution in [0.4, 0.5) is 0 Å². The summed E-state index contributed by atoms with van der Waals surface area (Å²) in [6, 6.07) is 6.68. The van der Waals surface area contributed by atoms with Crippen LogP contribution < -0.4 is 10.5 Å². The lowest BCUT2D eigenvalue weighted by Crippen LogP contribution is -2.29. The maximum absolute atomic E-state index is 5.87. The smallest absolute Gasteiger partial charge is 0.122 e. The lowest BCUT2D eigenvalue weighted by Gasteiger charge is -2.16. The number of aryl methyl sites for hydroxylation is 2. The van der Waals surface area contributed by atoms with Crippen molar-refractivity contribution in [2.24, 2.45) is 5.73 Å². The van der Waals surface area contributed by atoms with E-state index < -0.39 is 0 Å². The van der Waals surface area contributed by atoms with Crippen LogP contribution in [0.5, 0.6) is 5.75 Å². The van der Waals surface area contributed by atoms with Gasteiger partial charge in [0, 0.05) is 19.1 Å². The minimum atomic E-state index is 0. The number of halogens is 1. The van der Waals surface area contributed by atoms with Gasteiger partial charge in [-0.25, -0.2) is 0 Å². The second-order valence-electron chi connectivity index (χ2n) is 4.97. The van der Waals surface area contributed by atoms with Crippen LogP contribution in [-0.4, -0.2) is 37.2 Å². The largest absolute Gasteiger partial charge is 0.492 e. The van der Waals surface area contributed by atoms with E-state index in [0.29, 0.717) is 6.04 Å². The Morgan fingerprint density at radius 2 is 2.17 bits per heavy atom. The van der Waals surface area contributed by atoms with Gasteiger partial charge in [-0.1, -0.05) is 12.1 Å². The van der Waals surface area contributed by atoms with E-state index in [4.69, 9.17) is 10.5 Å². The molecular weight excluding hydrogens is 248 g/mol. The molecule has 2 N–H and O–H groups in total. The number of ether oxygens (including phenoxy) is 1. The molecule has 0 amide bonds. The average molecular weight is 271 g/mol. The van der Waals surface area contributed by atoms with Crippen molar-refractivity contribution in [1.82, 2.24) is 4.90 Å². The third kappa shape index (κ3) is 4.16. The summed E-state index contributed by atoms with van der Waals surface area (Å²) in [5.41, 5.74) is 8.32. The molecule has 1 aromatic carbocycles. The molecule has 1 aromatic rings. The molecule has 1 atom stereocenters. The standard InChI is InChI=1S/C14H22N2O.ClH/c1-11-3-4-12(2)14(9-11)17-8-7-16-6-5-13(15)10-16;/h3-4,9,13H,5-8,10,15H2,1-2H3;1H/t13-;/m0./s1. The quantitative estimate of drug-likeness (QED) is 0.911. The van der Waals surface area contributed by atoms with Gasteiger partial charge >= 0.3 is 0 Å². The van der Waals surface area contributed by atoms with Gasteiger partial charge in [-0.3, -0.25) is 4.90 Å². The molecule has 4 heteroatoms. The van der Waals surface area contributed by atoms with Gasteiger partial charge < -0.3 is 10.5 Å². The number of hydrogen-bond donors (Lipinski definition) is 1. The molecule has 1 saturated heterocycles. The van der Waals surface area contributed by atoms with Crippen LogP contribution >= 0.6 is 12.4 Å². The zero-order valence-corrected chi connectivity index (χ0v) is 12.0.